The smallest absolute Gasteiger partial charge is 0.137 e. The highest BCUT2D eigenvalue weighted by atomic mass is 35.5. The Morgan fingerprint density at radius 2 is 2.14 bits per heavy atom. The van der Waals surface area contributed by atoms with E-state index in [1.807, 2.05) is 18.2 Å². The maximum absolute atomic E-state index is 7.56. The molecule has 1 atom stereocenters. The van der Waals surface area contributed by atoms with Crippen LogP contribution in [0.1, 0.15) is 11.1 Å². The van der Waals surface area contributed by atoms with Gasteiger partial charge in [0.05, 0.1) is 5.56 Å². The number of fused-ring (bicyclic) bond motifs is 1. The third-order valence-electron chi connectivity index (χ3n) is 3.37. The lowest BCUT2D eigenvalue weighted by Gasteiger charge is -2.15. The molecule has 0 fully saturated rings. The first-order valence-corrected chi connectivity index (χ1v) is 7.02. The first-order valence-electron chi connectivity index (χ1n) is 6.65. The maximum Gasteiger partial charge on any atom is 0.137 e. The average Bonchev–Trinajstić information content (AvgIpc) is 2.87. The number of para-hydroxylation sites is 1. The molecule has 1 heterocycles. The number of nitrogen functional groups attached to an aromatic ring is 1. The van der Waals surface area contributed by atoms with Gasteiger partial charge >= 0.3 is 0 Å². The number of hydrogen-bond donors (Lipinski definition) is 2. The molecule has 108 valence electrons. The van der Waals surface area contributed by atoms with Gasteiger partial charge in [-0.05, 0) is 29.8 Å². The van der Waals surface area contributed by atoms with Crippen molar-refractivity contribution < 1.29 is 9.47 Å². The molecule has 1 aliphatic rings. The molecule has 2 aromatic carbocycles. The molecule has 1 aliphatic heterocycles. The summed E-state index contributed by atoms with van der Waals surface area (Å²) >= 11 is 5.97. The Bertz CT molecular complexity index is 663. The molecule has 3 N–H and O–H groups in total. The van der Waals surface area contributed by atoms with Gasteiger partial charge in [0, 0.05) is 11.4 Å². The summed E-state index contributed by atoms with van der Waals surface area (Å²) in [6.07, 6.45) is 0.771. The zero-order valence-corrected chi connectivity index (χ0v) is 12.1. The number of halogens is 1. The molecule has 2 aromatic rings. The van der Waals surface area contributed by atoms with Crippen LogP contribution >= 0.6 is 11.6 Å². The number of benzene rings is 2. The maximum atomic E-state index is 7.56. The van der Waals surface area contributed by atoms with E-state index in [0.717, 1.165) is 12.2 Å². The van der Waals surface area contributed by atoms with Crippen molar-refractivity contribution >= 4 is 17.4 Å². The molecular formula is C16H15ClN2O2. The van der Waals surface area contributed by atoms with Crippen molar-refractivity contribution in [3.63, 3.8) is 0 Å². The fraction of sp³-hybridized carbons (Fsp3) is 0.188. The third kappa shape index (κ3) is 2.95. The highest BCUT2D eigenvalue weighted by Gasteiger charge is 2.23. The van der Waals surface area contributed by atoms with Gasteiger partial charge in [0.2, 0.25) is 0 Å². The van der Waals surface area contributed by atoms with E-state index in [-0.39, 0.29) is 11.9 Å². The van der Waals surface area contributed by atoms with Gasteiger partial charge in [-0.15, -0.1) is 0 Å². The van der Waals surface area contributed by atoms with Crippen molar-refractivity contribution in [3.8, 4) is 11.5 Å². The first-order chi connectivity index (χ1) is 10.1. The van der Waals surface area contributed by atoms with Crippen LogP contribution in [0.3, 0.4) is 0 Å². The summed E-state index contributed by atoms with van der Waals surface area (Å²) < 4.78 is 11.6. The fourth-order valence-corrected chi connectivity index (χ4v) is 2.53. The Hall–Kier alpha value is -2.20. The van der Waals surface area contributed by atoms with E-state index in [0.29, 0.717) is 22.9 Å². The summed E-state index contributed by atoms with van der Waals surface area (Å²) in [7, 11) is 0. The van der Waals surface area contributed by atoms with Crippen molar-refractivity contribution in [3.05, 3.63) is 58.6 Å². The summed E-state index contributed by atoms with van der Waals surface area (Å²) in [5.74, 6) is 1.37. The molecule has 0 aromatic heterocycles. The Kier molecular flexibility index (Phi) is 3.71. The minimum Gasteiger partial charge on any atom is -0.489 e. The molecular weight excluding hydrogens is 288 g/mol. The first kappa shape index (κ1) is 13.8. The quantitative estimate of drug-likeness (QED) is 0.674. The SMILES string of the molecule is N=C(N)c1ccc(Cl)cc1OCC1Cc2ccccc2O1. The predicted octanol–water partition coefficient (Wildman–Crippen LogP) is 3.01. The predicted molar refractivity (Wildman–Crippen MR) is 82.5 cm³/mol. The summed E-state index contributed by atoms with van der Waals surface area (Å²) in [6, 6.07) is 13.0. The summed E-state index contributed by atoms with van der Waals surface area (Å²) in [6.45, 7) is 0.384. The second-order valence-corrected chi connectivity index (χ2v) is 5.35. The fourth-order valence-electron chi connectivity index (χ4n) is 2.37. The molecule has 0 spiro atoms. The van der Waals surface area contributed by atoms with Crippen molar-refractivity contribution in [1.29, 1.82) is 5.41 Å². The Labute approximate surface area is 127 Å². The van der Waals surface area contributed by atoms with Crippen molar-refractivity contribution in [1.82, 2.24) is 0 Å². The van der Waals surface area contributed by atoms with E-state index in [4.69, 9.17) is 32.2 Å². The van der Waals surface area contributed by atoms with E-state index in [1.54, 1.807) is 18.2 Å². The van der Waals surface area contributed by atoms with Crippen molar-refractivity contribution in [2.24, 2.45) is 5.73 Å². The van der Waals surface area contributed by atoms with Crippen molar-refractivity contribution in [2.75, 3.05) is 6.61 Å². The lowest BCUT2D eigenvalue weighted by atomic mass is 10.1. The molecule has 0 amide bonds. The van der Waals surface area contributed by atoms with Gasteiger partial charge in [-0.3, -0.25) is 5.41 Å². The Balaban J connectivity index is 1.69. The van der Waals surface area contributed by atoms with Crippen LogP contribution in [0, 0.1) is 5.41 Å². The number of ether oxygens (including phenoxy) is 2. The molecule has 0 saturated carbocycles. The average molecular weight is 303 g/mol. The van der Waals surface area contributed by atoms with E-state index in [9.17, 15) is 0 Å². The van der Waals surface area contributed by atoms with E-state index >= 15 is 0 Å². The Morgan fingerprint density at radius 3 is 2.90 bits per heavy atom. The molecule has 1 unspecified atom stereocenters. The Morgan fingerprint density at radius 1 is 1.33 bits per heavy atom. The number of nitrogens with two attached hydrogens (primary N) is 1. The summed E-state index contributed by atoms with van der Waals surface area (Å²) in [5, 5.41) is 8.11. The van der Waals surface area contributed by atoms with Gasteiger partial charge in [-0.25, -0.2) is 0 Å². The normalized spacial score (nSPS) is 16.1. The number of rotatable bonds is 4. The molecule has 3 rings (SSSR count). The molecule has 0 saturated heterocycles. The van der Waals surface area contributed by atoms with Crippen molar-refractivity contribution in [2.45, 2.75) is 12.5 Å². The van der Waals surface area contributed by atoms with E-state index in [1.165, 1.54) is 5.56 Å². The van der Waals surface area contributed by atoms with Crippen LogP contribution < -0.4 is 15.2 Å². The summed E-state index contributed by atoms with van der Waals surface area (Å²) in [5.41, 5.74) is 7.27. The van der Waals surface area contributed by atoms with Crippen LogP contribution in [-0.4, -0.2) is 18.5 Å². The molecule has 21 heavy (non-hydrogen) atoms. The molecule has 0 bridgehead atoms. The van der Waals surface area contributed by atoms with Crippen LogP contribution in [0.25, 0.3) is 0 Å². The van der Waals surface area contributed by atoms with Gasteiger partial charge < -0.3 is 15.2 Å². The standard InChI is InChI=1S/C16H15ClN2O2/c17-11-5-6-13(16(18)19)15(8-11)20-9-12-7-10-3-1-2-4-14(10)21-12/h1-6,8,12H,7,9H2,(H3,18,19). The summed E-state index contributed by atoms with van der Waals surface area (Å²) in [4.78, 5) is 0. The van der Waals surface area contributed by atoms with Gasteiger partial charge in [-0.1, -0.05) is 29.8 Å². The highest BCUT2D eigenvalue weighted by molar-refractivity contribution is 6.30. The minimum absolute atomic E-state index is 0.0406. The zero-order valence-electron chi connectivity index (χ0n) is 11.3. The van der Waals surface area contributed by atoms with Gasteiger partial charge in [0.1, 0.15) is 30.0 Å². The van der Waals surface area contributed by atoms with E-state index < -0.39 is 0 Å². The number of nitrogens with one attached hydrogen (secondary N) is 1. The molecule has 0 radical (unpaired) electrons. The largest absolute Gasteiger partial charge is 0.489 e. The minimum atomic E-state index is -0.0442. The molecule has 5 heteroatoms. The lowest BCUT2D eigenvalue weighted by molar-refractivity contribution is 0.148. The van der Waals surface area contributed by atoms with Crippen LogP contribution in [0.15, 0.2) is 42.5 Å². The topological polar surface area (TPSA) is 68.3 Å². The van der Waals surface area contributed by atoms with Crippen LogP contribution in [0.2, 0.25) is 5.02 Å². The molecule has 4 nitrogen and oxygen atoms in total. The highest BCUT2D eigenvalue weighted by Crippen LogP contribution is 2.29. The second-order valence-electron chi connectivity index (χ2n) is 4.92. The van der Waals surface area contributed by atoms with Gasteiger partial charge in [0.25, 0.3) is 0 Å². The molecule has 0 aliphatic carbocycles. The van der Waals surface area contributed by atoms with Crippen LogP contribution in [0.4, 0.5) is 0 Å². The lowest BCUT2D eigenvalue weighted by Crippen LogP contribution is -2.23. The number of amidine groups is 1. The van der Waals surface area contributed by atoms with Gasteiger partial charge in [-0.2, -0.15) is 0 Å². The third-order valence-corrected chi connectivity index (χ3v) is 3.61. The van der Waals surface area contributed by atoms with E-state index in [2.05, 4.69) is 6.07 Å². The number of hydrogen-bond acceptors (Lipinski definition) is 3. The second kappa shape index (κ2) is 5.66. The van der Waals surface area contributed by atoms with Crippen LogP contribution in [-0.2, 0) is 6.42 Å². The van der Waals surface area contributed by atoms with Gasteiger partial charge in [0.15, 0.2) is 0 Å². The zero-order chi connectivity index (χ0) is 14.8. The monoisotopic (exact) mass is 302 g/mol. The van der Waals surface area contributed by atoms with Crippen LogP contribution in [0.5, 0.6) is 11.5 Å².